The molecular weight excluding hydrogens is 1010 g/mol. The van der Waals surface area contributed by atoms with Crippen molar-refractivity contribution < 1.29 is 0 Å². The Bertz CT molecular complexity index is 4340. The van der Waals surface area contributed by atoms with Crippen molar-refractivity contribution in [1.29, 1.82) is 0 Å². The van der Waals surface area contributed by atoms with Gasteiger partial charge in [0.15, 0.2) is 0 Å². The second kappa shape index (κ2) is 21.4. The minimum Gasteiger partial charge on any atom is -0.118 e. The molecule has 12 aliphatic carbocycles. The lowest BCUT2D eigenvalue weighted by Gasteiger charge is -1.93. The van der Waals surface area contributed by atoms with Crippen LogP contribution in [0.2, 0.25) is 0 Å². The molecule has 0 amide bonds. The van der Waals surface area contributed by atoms with Gasteiger partial charge in [-0.15, -0.1) is 12.8 Å². The van der Waals surface area contributed by atoms with Crippen molar-refractivity contribution in [2.75, 3.05) is 0 Å². The highest BCUT2D eigenvalue weighted by molar-refractivity contribution is 5.53. The van der Waals surface area contributed by atoms with E-state index in [0.29, 0.717) is 0 Å². The van der Waals surface area contributed by atoms with Crippen LogP contribution in [0, 0.1) is 350 Å². The van der Waals surface area contributed by atoms with E-state index in [9.17, 15) is 0 Å². The minimum absolute atomic E-state index is 0.238. The van der Waals surface area contributed by atoms with Crippen molar-refractivity contribution >= 4 is 0 Å². The van der Waals surface area contributed by atoms with Crippen LogP contribution in [0.3, 0.4) is 0 Å². The first-order valence-corrected chi connectivity index (χ1v) is 29.3. The Balaban J connectivity index is 0.571. The maximum Gasteiger partial charge on any atom is 0.0940 e. The zero-order chi connectivity index (χ0) is 57.5. The van der Waals surface area contributed by atoms with Crippen LogP contribution >= 0.6 is 0 Å². The van der Waals surface area contributed by atoms with E-state index < -0.39 is 0 Å². The monoisotopic (exact) mass is 1060 g/mol. The Kier molecular flexibility index (Phi) is 13.8. The Hall–Kier alpha value is -10.6. The second-order valence-corrected chi connectivity index (χ2v) is 24.8. The lowest BCUT2D eigenvalue weighted by molar-refractivity contribution is 0.936. The van der Waals surface area contributed by atoms with Gasteiger partial charge in [0.05, 0.1) is 65.0 Å². The van der Waals surface area contributed by atoms with Gasteiger partial charge in [0.2, 0.25) is 0 Å². The Labute approximate surface area is 501 Å². The van der Waals surface area contributed by atoms with E-state index in [4.69, 9.17) is 12.8 Å². The average Bonchev–Trinajstić information content (AvgIpc) is 4.35. The lowest BCUT2D eigenvalue weighted by atomic mass is 10.1. The number of rotatable bonds is 0. The van der Waals surface area contributed by atoms with Gasteiger partial charge in [-0.1, -0.05) is 142 Å². The van der Waals surface area contributed by atoms with Crippen molar-refractivity contribution in [3.05, 3.63) is 0 Å². The maximum atomic E-state index is 5.56. The Morgan fingerprint density at radius 3 is 0.250 bits per heavy atom. The van der Waals surface area contributed by atoms with Gasteiger partial charge in [0.25, 0.3) is 0 Å². The third kappa shape index (κ3) is 14.9. The van der Waals surface area contributed by atoms with Gasteiger partial charge >= 0.3 is 0 Å². The molecule has 0 unspecified atom stereocenters. The van der Waals surface area contributed by atoms with E-state index in [1.807, 2.05) is 0 Å². The molecule has 0 aromatic heterocycles. The molecule has 0 atom stereocenters. The Morgan fingerprint density at radius 2 is 0.190 bits per heavy atom. The summed E-state index contributed by atoms with van der Waals surface area (Å²) < 4.78 is 0. The summed E-state index contributed by atoms with van der Waals surface area (Å²) in [4.78, 5) is 0. The molecular formula is C84H50. The first kappa shape index (κ1) is 54.0. The molecule has 12 aliphatic rings. The molecule has 0 radical (unpaired) electrons. The molecule has 12 fully saturated rings. The quantitative estimate of drug-likeness (QED) is 0.212. The number of hydrogen-bond acceptors (Lipinski definition) is 0. The van der Waals surface area contributed by atoms with Gasteiger partial charge in [0, 0.05) is 0 Å². The van der Waals surface area contributed by atoms with E-state index in [-0.39, 0.29) is 65.0 Å². The predicted molar refractivity (Wildman–Crippen MR) is 329 cm³/mol. The summed E-state index contributed by atoms with van der Waals surface area (Å²) in [5.74, 6) is 144. The normalized spacial score (nSPS) is 22.8. The van der Waals surface area contributed by atoms with Gasteiger partial charge in [0.1, 0.15) is 0 Å². The van der Waals surface area contributed by atoms with Crippen LogP contribution in [0.1, 0.15) is 154 Å². The van der Waals surface area contributed by atoms with Crippen molar-refractivity contribution in [3.63, 3.8) is 0 Å². The maximum absolute atomic E-state index is 5.56. The van der Waals surface area contributed by atoms with Crippen molar-refractivity contribution in [2.45, 2.75) is 154 Å². The molecule has 0 heterocycles. The van der Waals surface area contributed by atoms with E-state index in [1.165, 1.54) is 0 Å². The van der Waals surface area contributed by atoms with Gasteiger partial charge in [-0.2, -0.15) is 0 Å². The fraction of sp³-hybridized carbons (Fsp3) is 0.429. The van der Waals surface area contributed by atoms with Crippen LogP contribution in [0.25, 0.3) is 0 Å². The van der Waals surface area contributed by atoms with Crippen molar-refractivity contribution in [2.24, 2.45) is 65.0 Å². The standard InChI is InChI=1S/C84H50/c1-3-73(49-50-73)27-5-7-29-75(53-54-75)31-9-11-33-77(57-58-77)35-13-15-37-79(61-62-79)39-17-19-41-81(65-66-81)43-21-23-45-83(69-70-83)47-25-26-48-84(71-72-84)46-24-22-44-82(67-68-82)42-20-18-40-80(63-64-80)38-16-14-36-78(59-60-78)34-12-10-32-76(55-56-76)30-8-6-28-74(4-2)51-52-74/h1-2H,49-72H2. The van der Waals surface area contributed by atoms with E-state index >= 15 is 0 Å². The Morgan fingerprint density at radius 1 is 0.119 bits per heavy atom. The summed E-state index contributed by atoms with van der Waals surface area (Å²) in [5.41, 5.74) is -3.62. The zero-order valence-corrected chi connectivity index (χ0v) is 47.1. The van der Waals surface area contributed by atoms with Gasteiger partial charge < -0.3 is 0 Å². The second-order valence-electron chi connectivity index (χ2n) is 24.8. The smallest absolute Gasteiger partial charge is 0.0940 e. The minimum atomic E-state index is -0.334. The molecule has 0 aromatic carbocycles. The van der Waals surface area contributed by atoms with Crippen LogP contribution in [0.15, 0.2) is 0 Å². The molecule has 84 heavy (non-hydrogen) atoms. The summed E-state index contributed by atoms with van der Waals surface area (Å²) >= 11 is 0. The topological polar surface area (TPSA) is 0 Å². The molecule has 0 nitrogen and oxygen atoms in total. The van der Waals surface area contributed by atoms with Gasteiger partial charge in [-0.3, -0.25) is 0 Å². The first-order valence-electron chi connectivity index (χ1n) is 29.3. The summed E-state index contributed by atoms with van der Waals surface area (Å²) in [5, 5.41) is 0. The van der Waals surface area contributed by atoms with E-state index in [2.05, 4.69) is 272 Å². The summed E-state index contributed by atoms with van der Waals surface area (Å²) in [6, 6.07) is 0. The highest BCUT2D eigenvalue weighted by Crippen LogP contribution is 2.50. The van der Waals surface area contributed by atoms with E-state index in [0.717, 1.165) is 154 Å². The van der Waals surface area contributed by atoms with Crippen molar-refractivity contribution in [1.82, 2.24) is 0 Å². The van der Waals surface area contributed by atoms with E-state index in [1.54, 1.807) is 0 Å². The number of terminal acetylenes is 2. The molecule has 0 spiro atoms. The number of hydrogen-bond donors (Lipinski definition) is 0. The third-order valence-electron chi connectivity index (χ3n) is 16.9. The SMILES string of the molecule is C#CC1(C#CC#CC2(C#CC#CC3(C#CC#CC4(C#CC#CC5(C#CC#CC6(C#CC#CC7(C#CC#CC8(C#CC#CC9(C#CC#CC%10(C#CC#CC%11(C#CC#CC%12(C#C)CC%12)CC%11)CC%10)CC9)CC8)CC7)CC6)CC5)CC4)CC3)CC2)CC1. The third-order valence-corrected chi connectivity index (χ3v) is 16.9. The largest absolute Gasteiger partial charge is 0.118 e. The van der Waals surface area contributed by atoms with Crippen LogP contribution in [0.5, 0.6) is 0 Å². The fourth-order valence-corrected chi connectivity index (χ4v) is 8.24. The summed E-state index contributed by atoms with van der Waals surface area (Å²) in [6.45, 7) is 0. The molecule has 0 saturated heterocycles. The molecule has 0 bridgehead atoms. The van der Waals surface area contributed by atoms with Gasteiger partial charge in [-0.25, -0.2) is 0 Å². The zero-order valence-electron chi connectivity index (χ0n) is 47.1. The van der Waals surface area contributed by atoms with Crippen LogP contribution in [-0.2, 0) is 0 Å². The lowest BCUT2D eigenvalue weighted by Crippen LogP contribution is -1.92. The van der Waals surface area contributed by atoms with Crippen LogP contribution < -0.4 is 0 Å². The molecule has 0 heteroatoms. The fourth-order valence-electron chi connectivity index (χ4n) is 8.24. The summed E-state index contributed by atoms with van der Waals surface area (Å²) in [7, 11) is 0. The molecule has 386 valence electrons. The molecule has 12 rings (SSSR count). The first-order chi connectivity index (χ1) is 40.9. The molecule has 0 aromatic rings. The molecule has 0 N–H and O–H groups in total. The van der Waals surface area contributed by atoms with Crippen LogP contribution in [-0.4, -0.2) is 0 Å². The highest BCUT2D eigenvalue weighted by Gasteiger charge is 2.46. The molecule has 12 saturated carbocycles. The van der Waals surface area contributed by atoms with Crippen molar-refractivity contribution in [3.8, 4) is 285 Å². The predicted octanol–water partition coefficient (Wildman–Crippen LogP) is 9.69. The average molecular weight is 1060 g/mol. The molecule has 0 aliphatic heterocycles. The summed E-state index contributed by atoms with van der Waals surface area (Å²) in [6.07, 6.45) is 33.6. The van der Waals surface area contributed by atoms with Gasteiger partial charge in [-0.05, 0) is 284 Å². The highest BCUT2D eigenvalue weighted by atomic mass is 14.5. The van der Waals surface area contributed by atoms with Crippen LogP contribution in [0.4, 0.5) is 0 Å².